The normalized spacial score (nSPS) is 21.8. The number of hydrogen-bond acceptors (Lipinski definition) is 14. The lowest BCUT2D eigenvalue weighted by atomic mass is 9.99. The number of carbonyl (C=O) groups is 1. The zero-order chi connectivity index (χ0) is 31.2. The highest BCUT2D eigenvalue weighted by Crippen LogP contribution is 2.39. The molecule has 43 heavy (non-hydrogen) atoms. The minimum atomic E-state index is -1.91. The molecular formula is C29H26O14. The summed E-state index contributed by atoms with van der Waals surface area (Å²) in [4.78, 5) is 26.5. The first kappa shape index (κ1) is 29.3. The molecule has 3 aromatic carbocycles. The van der Waals surface area contributed by atoms with Gasteiger partial charge in [0.1, 0.15) is 34.3 Å². The molecule has 1 aromatic heterocycles. The maximum Gasteiger partial charge on any atom is 0.338 e. The van der Waals surface area contributed by atoms with E-state index in [0.29, 0.717) is 0 Å². The molecule has 0 spiro atoms. The number of phenols is 5. The molecule has 0 amide bonds. The van der Waals surface area contributed by atoms with E-state index in [-0.39, 0.29) is 39.4 Å². The number of esters is 1. The lowest BCUT2D eigenvalue weighted by Gasteiger charge is -2.40. The van der Waals surface area contributed by atoms with Crippen LogP contribution in [0.4, 0.5) is 0 Å². The first-order valence-electron chi connectivity index (χ1n) is 12.7. The van der Waals surface area contributed by atoms with Crippen LogP contribution in [0, 0.1) is 0 Å². The fourth-order valence-electron chi connectivity index (χ4n) is 4.64. The third kappa shape index (κ3) is 5.41. The van der Waals surface area contributed by atoms with Gasteiger partial charge in [-0.3, -0.25) is 4.79 Å². The third-order valence-corrected chi connectivity index (χ3v) is 6.80. The van der Waals surface area contributed by atoms with Gasteiger partial charge in [-0.05, 0) is 43.3 Å². The van der Waals surface area contributed by atoms with Crippen LogP contribution in [0.15, 0.2) is 57.7 Å². The van der Waals surface area contributed by atoms with E-state index in [2.05, 4.69) is 0 Å². The second kappa shape index (κ2) is 11.2. The van der Waals surface area contributed by atoms with Crippen molar-refractivity contribution in [2.45, 2.75) is 37.6 Å². The molecule has 5 atom stereocenters. The number of benzene rings is 3. The number of aromatic hydroxyl groups is 5. The van der Waals surface area contributed by atoms with Crippen molar-refractivity contribution in [3.8, 4) is 51.6 Å². The van der Waals surface area contributed by atoms with E-state index in [0.717, 1.165) is 24.3 Å². The zero-order valence-corrected chi connectivity index (χ0v) is 22.5. The molecule has 0 aliphatic carbocycles. The Morgan fingerprint density at radius 1 is 0.837 bits per heavy atom. The maximum absolute atomic E-state index is 13.6. The van der Waals surface area contributed by atoms with Gasteiger partial charge in [0, 0.05) is 17.7 Å². The topological polar surface area (TPSA) is 226 Å². The van der Waals surface area contributed by atoms with Gasteiger partial charge in [0.2, 0.25) is 23.2 Å². The number of carbonyl (C=O) groups excluding carboxylic acids is 1. The fourth-order valence-corrected chi connectivity index (χ4v) is 4.64. The number of fused-ring (bicyclic) bond motifs is 1. The van der Waals surface area contributed by atoms with Crippen molar-refractivity contribution >= 4 is 16.9 Å². The zero-order valence-electron chi connectivity index (χ0n) is 22.5. The fraction of sp³-hybridized carbons (Fsp3) is 0.241. The van der Waals surface area contributed by atoms with Crippen LogP contribution in [0.3, 0.4) is 0 Å². The molecule has 1 aliphatic heterocycles. The lowest BCUT2D eigenvalue weighted by Crippen LogP contribution is -2.59. The van der Waals surface area contributed by atoms with Gasteiger partial charge in [-0.25, -0.2) is 4.79 Å². The Bertz CT molecular complexity index is 1720. The van der Waals surface area contributed by atoms with E-state index in [4.69, 9.17) is 23.4 Å². The van der Waals surface area contributed by atoms with Crippen LogP contribution in [0.5, 0.6) is 40.2 Å². The smallest absolute Gasteiger partial charge is 0.338 e. The van der Waals surface area contributed by atoms with Crippen molar-refractivity contribution in [2.24, 2.45) is 0 Å². The second-order valence-corrected chi connectivity index (χ2v) is 9.70. The average Bonchev–Trinajstić information content (AvgIpc) is 2.95. The van der Waals surface area contributed by atoms with Crippen LogP contribution in [0.25, 0.3) is 22.3 Å². The molecule has 1 saturated heterocycles. The van der Waals surface area contributed by atoms with Gasteiger partial charge in [-0.2, -0.15) is 0 Å². The summed E-state index contributed by atoms with van der Waals surface area (Å²) in [6, 6.07) is 9.30. The molecule has 0 bridgehead atoms. The Balaban J connectivity index is 1.52. The van der Waals surface area contributed by atoms with Crippen LogP contribution >= 0.6 is 0 Å². The summed E-state index contributed by atoms with van der Waals surface area (Å²) in [6.07, 6.45) is -8.06. The Labute approximate surface area is 241 Å². The van der Waals surface area contributed by atoms with E-state index >= 15 is 0 Å². The van der Waals surface area contributed by atoms with Crippen molar-refractivity contribution < 1.29 is 63.9 Å². The summed E-state index contributed by atoms with van der Waals surface area (Å²) in [5, 5.41) is 71.5. The van der Waals surface area contributed by atoms with Crippen LogP contribution in [-0.4, -0.2) is 79.5 Å². The van der Waals surface area contributed by atoms with E-state index in [9.17, 15) is 45.3 Å². The highest BCUT2D eigenvalue weighted by molar-refractivity contribution is 5.91. The number of phenolic OH excluding ortho intramolecular Hbond substituents is 5. The maximum atomic E-state index is 13.6. The van der Waals surface area contributed by atoms with Gasteiger partial charge in [0.25, 0.3) is 0 Å². The molecule has 7 N–H and O–H groups in total. The summed E-state index contributed by atoms with van der Waals surface area (Å²) in [5.41, 5.74) is -1.25. The number of rotatable bonds is 6. The van der Waals surface area contributed by atoms with Crippen LogP contribution in [0.2, 0.25) is 0 Å². The standard InChI is InChI=1S/C29H26O14/c1-11-21(35)26(42-28(38)13-7-17(33)25(39-2)18(34)8-13)23(37)29(40-11)43-27-22(36)20-16(32)9-15(31)10-19(20)41-24(27)12-3-5-14(30)6-4-12/h3-11,21,23,26,29-35,37H,1-2H3/t11-,21+,23-,26-,29+/m0/s1. The summed E-state index contributed by atoms with van der Waals surface area (Å²) in [7, 11) is 1.19. The van der Waals surface area contributed by atoms with Crippen LogP contribution in [0.1, 0.15) is 17.3 Å². The molecule has 2 heterocycles. The van der Waals surface area contributed by atoms with Gasteiger partial charge >= 0.3 is 5.97 Å². The van der Waals surface area contributed by atoms with Crippen LogP contribution in [-0.2, 0) is 9.47 Å². The van der Waals surface area contributed by atoms with Crippen molar-refractivity contribution in [3.63, 3.8) is 0 Å². The minimum Gasteiger partial charge on any atom is -0.508 e. The Hall–Kier alpha value is -5.18. The van der Waals surface area contributed by atoms with Crippen molar-refractivity contribution in [2.75, 3.05) is 7.11 Å². The Morgan fingerprint density at radius 3 is 2.12 bits per heavy atom. The first-order chi connectivity index (χ1) is 20.4. The number of methoxy groups -OCH3 is 1. The SMILES string of the molecule is COc1c(O)cc(C(=O)O[C@@H]2[C@H](O)[C@@H](Oc3c(-c4ccc(O)cc4)oc4cc(O)cc(O)c4c3=O)O[C@@H](C)[C@H]2O)cc1O. The van der Waals surface area contributed by atoms with Gasteiger partial charge in [0.15, 0.2) is 29.5 Å². The summed E-state index contributed by atoms with van der Waals surface area (Å²) >= 11 is 0. The molecule has 0 unspecified atom stereocenters. The lowest BCUT2D eigenvalue weighted by molar-refractivity contribution is -0.267. The number of ether oxygens (including phenoxy) is 4. The molecule has 0 radical (unpaired) electrons. The predicted octanol–water partition coefficient (Wildman–Crippen LogP) is 2.07. The Kier molecular flexibility index (Phi) is 7.67. The first-order valence-corrected chi connectivity index (χ1v) is 12.7. The third-order valence-electron chi connectivity index (χ3n) is 6.80. The molecule has 14 heteroatoms. The molecule has 226 valence electrons. The molecule has 1 aliphatic rings. The van der Waals surface area contributed by atoms with Crippen LogP contribution < -0.4 is 14.9 Å². The van der Waals surface area contributed by atoms with Crippen molar-refractivity contribution in [1.29, 1.82) is 0 Å². The highest BCUT2D eigenvalue weighted by atomic mass is 16.7. The highest BCUT2D eigenvalue weighted by Gasteiger charge is 2.47. The molecular weight excluding hydrogens is 572 g/mol. The van der Waals surface area contributed by atoms with Crippen molar-refractivity contribution in [1.82, 2.24) is 0 Å². The number of aliphatic hydroxyl groups is 2. The van der Waals surface area contributed by atoms with E-state index in [1.54, 1.807) is 0 Å². The van der Waals surface area contributed by atoms with Gasteiger partial charge in [-0.15, -0.1) is 0 Å². The summed E-state index contributed by atoms with van der Waals surface area (Å²) in [5.74, 6) is -4.48. The summed E-state index contributed by atoms with van der Waals surface area (Å²) in [6.45, 7) is 1.39. The molecule has 1 fully saturated rings. The monoisotopic (exact) mass is 598 g/mol. The molecule has 14 nitrogen and oxygen atoms in total. The quantitative estimate of drug-likeness (QED) is 0.158. The number of hydrogen-bond donors (Lipinski definition) is 7. The molecule has 5 rings (SSSR count). The van der Waals surface area contributed by atoms with E-state index in [1.807, 2.05) is 0 Å². The minimum absolute atomic E-state index is 0.0957. The predicted molar refractivity (Wildman–Crippen MR) is 145 cm³/mol. The largest absolute Gasteiger partial charge is 0.508 e. The second-order valence-electron chi connectivity index (χ2n) is 9.70. The molecule has 0 saturated carbocycles. The summed E-state index contributed by atoms with van der Waals surface area (Å²) < 4.78 is 27.4. The molecule has 4 aromatic rings. The van der Waals surface area contributed by atoms with E-state index in [1.165, 1.54) is 38.3 Å². The average molecular weight is 599 g/mol. The number of aliphatic hydroxyl groups excluding tert-OH is 2. The van der Waals surface area contributed by atoms with Gasteiger partial charge in [-0.1, -0.05) is 0 Å². The van der Waals surface area contributed by atoms with Gasteiger partial charge < -0.3 is 59.1 Å². The van der Waals surface area contributed by atoms with Gasteiger partial charge in [0.05, 0.1) is 18.8 Å². The van der Waals surface area contributed by atoms with E-state index < -0.39 is 70.9 Å². The van der Waals surface area contributed by atoms with Crippen molar-refractivity contribution in [3.05, 3.63) is 64.3 Å². The Morgan fingerprint density at radius 2 is 1.49 bits per heavy atom.